The molecule has 2 aromatic carbocycles. The Morgan fingerprint density at radius 3 is 2.93 bits per heavy atom. The average Bonchev–Trinajstić information content (AvgIpc) is 3.28. The minimum atomic E-state index is -0.628. The summed E-state index contributed by atoms with van der Waals surface area (Å²) in [5, 5.41) is 2.81. The number of oxazole rings is 1. The third-order valence-corrected chi connectivity index (χ3v) is 4.77. The number of carbonyl (C=O) groups is 1. The van der Waals surface area contributed by atoms with E-state index in [0.717, 1.165) is 18.9 Å². The number of hydrogen-bond donors (Lipinski definition) is 1. The van der Waals surface area contributed by atoms with E-state index in [1.54, 1.807) is 23.1 Å². The molecule has 0 spiro atoms. The van der Waals surface area contributed by atoms with Crippen LogP contribution in [0.2, 0.25) is 0 Å². The van der Waals surface area contributed by atoms with Gasteiger partial charge in [0.25, 0.3) is 0 Å². The molecule has 0 unspecified atom stereocenters. The summed E-state index contributed by atoms with van der Waals surface area (Å²) < 4.78 is 33.1. The highest BCUT2D eigenvalue weighted by Gasteiger charge is 2.33. The number of aromatic nitrogens is 1. The van der Waals surface area contributed by atoms with Crippen LogP contribution in [-0.4, -0.2) is 29.0 Å². The van der Waals surface area contributed by atoms with Crippen molar-refractivity contribution in [2.24, 2.45) is 0 Å². The van der Waals surface area contributed by atoms with Gasteiger partial charge in [0.05, 0.1) is 0 Å². The molecule has 1 aliphatic heterocycles. The molecule has 27 heavy (non-hydrogen) atoms. The Labute approximate surface area is 155 Å². The van der Waals surface area contributed by atoms with E-state index in [0.29, 0.717) is 41.2 Å². The molecule has 1 N–H and O–H groups in total. The first kappa shape index (κ1) is 17.5. The zero-order chi connectivity index (χ0) is 19.0. The molecule has 0 aliphatic carbocycles. The van der Waals surface area contributed by atoms with Crippen LogP contribution in [0.25, 0.3) is 22.2 Å². The zero-order valence-electron chi connectivity index (χ0n) is 14.8. The number of urea groups is 1. The largest absolute Gasteiger partial charge is 0.438 e. The van der Waals surface area contributed by atoms with Crippen LogP contribution in [0.4, 0.5) is 13.6 Å². The number of rotatable bonds is 3. The maximum atomic E-state index is 14.1. The van der Waals surface area contributed by atoms with E-state index >= 15 is 0 Å². The summed E-state index contributed by atoms with van der Waals surface area (Å²) in [5.74, 6) is -0.769. The van der Waals surface area contributed by atoms with Crippen LogP contribution in [0, 0.1) is 11.6 Å². The number of benzene rings is 2. The van der Waals surface area contributed by atoms with Gasteiger partial charge in [0.2, 0.25) is 5.89 Å². The van der Waals surface area contributed by atoms with Crippen molar-refractivity contribution in [1.82, 2.24) is 15.2 Å². The fraction of sp³-hybridized carbons (Fsp3) is 0.300. The van der Waals surface area contributed by atoms with E-state index in [1.165, 1.54) is 12.1 Å². The fourth-order valence-corrected chi connectivity index (χ4v) is 3.50. The van der Waals surface area contributed by atoms with Crippen molar-refractivity contribution in [2.75, 3.05) is 13.1 Å². The minimum Gasteiger partial charge on any atom is -0.438 e. The summed E-state index contributed by atoms with van der Waals surface area (Å²) in [6.07, 6.45) is 1.66. The van der Waals surface area contributed by atoms with E-state index in [1.807, 2.05) is 6.92 Å². The van der Waals surface area contributed by atoms with E-state index in [-0.39, 0.29) is 12.1 Å². The van der Waals surface area contributed by atoms with Crippen LogP contribution in [0.1, 0.15) is 31.7 Å². The smallest absolute Gasteiger partial charge is 0.318 e. The van der Waals surface area contributed by atoms with Gasteiger partial charge >= 0.3 is 6.03 Å². The molecule has 140 valence electrons. The predicted molar refractivity (Wildman–Crippen MR) is 97.1 cm³/mol. The molecule has 0 bridgehead atoms. The van der Waals surface area contributed by atoms with Crippen LogP contribution in [0.5, 0.6) is 0 Å². The molecule has 7 heteroatoms. The first-order valence-corrected chi connectivity index (χ1v) is 8.97. The Hall–Kier alpha value is -2.96. The Morgan fingerprint density at radius 1 is 1.30 bits per heavy atom. The van der Waals surface area contributed by atoms with Gasteiger partial charge < -0.3 is 14.6 Å². The Morgan fingerprint density at radius 2 is 2.15 bits per heavy atom. The monoisotopic (exact) mass is 371 g/mol. The third kappa shape index (κ3) is 3.25. The van der Waals surface area contributed by atoms with Gasteiger partial charge in [-0.25, -0.2) is 18.6 Å². The van der Waals surface area contributed by atoms with Crippen molar-refractivity contribution in [3.05, 3.63) is 53.9 Å². The molecule has 5 nitrogen and oxygen atoms in total. The number of hydrogen-bond acceptors (Lipinski definition) is 3. The average molecular weight is 371 g/mol. The number of amides is 2. The lowest BCUT2D eigenvalue weighted by atomic mass is 10.0. The van der Waals surface area contributed by atoms with Gasteiger partial charge in [-0.05, 0) is 49.6 Å². The lowest BCUT2D eigenvalue weighted by molar-refractivity contribution is 0.186. The molecule has 1 atom stereocenters. The number of nitrogens with one attached hydrogen (secondary N) is 1. The second-order valence-corrected chi connectivity index (χ2v) is 6.55. The summed E-state index contributed by atoms with van der Waals surface area (Å²) in [6, 6.07) is 8.28. The van der Waals surface area contributed by atoms with Gasteiger partial charge in [-0.3, -0.25) is 0 Å². The quantitative estimate of drug-likeness (QED) is 0.730. The van der Waals surface area contributed by atoms with E-state index in [4.69, 9.17) is 4.42 Å². The number of nitrogens with zero attached hydrogens (tertiary/aromatic N) is 2. The molecule has 0 radical (unpaired) electrons. The van der Waals surface area contributed by atoms with Crippen molar-refractivity contribution < 1.29 is 18.0 Å². The van der Waals surface area contributed by atoms with Gasteiger partial charge in [0.1, 0.15) is 23.2 Å². The standard InChI is InChI=1S/C20H19F2N3O2/c1-2-23-20(26)25-9-3-4-17(25)19-24-16-10-12(5-8-18(16)27-19)14-7-6-13(21)11-15(14)22/h5-8,10-11,17H,2-4,9H2,1H3,(H,23,26)/t17-/m1/s1. The van der Waals surface area contributed by atoms with Gasteiger partial charge in [0.15, 0.2) is 5.58 Å². The van der Waals surface area contributed by atoms with E-state index in [9.17, 15) is 13.6 Å². The van der Waals surface area contributed by atoms with Crippen molar-refractivity contribution in [2.45, 2.75) is 25.8 Å². The summed E-state index contributed by atoms with van der Waals surface area (Å²) in [4.78, 5) is 18.5. The number of halogens is 2. The van der Waals surface area contributed by atoms with E-state index in [2.05, 4.69) is 10.3 Å². The molecule has 1 aromatic heterocycles. The Balaban J connectivity index is 1.68. The molecular weight excluding hydrogens is 352 g/mol. The maximum absolute atomic E-state index is 14.1. The molecule has 2 amide bonds. The van der Waals surface area contributed by atoms with Gasteiger partial charge in [-0.15, -0.1) is 0 Å². The molecule has 4 rings (SSSR count). The molecule has 0 saturated carbocycles. The van der Waals surface area contributed by atoms with Crippen LogP contribution < -0.4 is 5.32 Å². The topological polar surface area (TPSA) is 58.4 Å². The Kier molecular flexibility index (Phi) is 4.51. The highest BCUT2D eigenvalue weighted by Crippen LogP contribution is 2.34. The second kappa shape index (κ2) is 6.98. The third-order valence-electron chi connectivity index (χ3n) is 4.77. The predicted octanol–water partition coefficient (Wildman–Crippen LogP) is 4.64. The number of likely N-dealkylation sites (tertiary alicyclic amines) is 1. The van der Waals surface area contributed by atoms with Crippen molar-refractivity contribution in [3.8, 4) is 11.1 Å². The molecular formula is C20H19F2N3O2. The summed E-state index contributed by atoms with van der Waals surface area (Å²) in [6.45, 7) is 3.09. The minimum absolute atomic E-state index is 0.128. The van der Waals surface area contributed by atoms with Gasteiger partial charge in [-0.2, -0.15) is 0 Å². The SMILES string of the molecule is CCNC(=O)N1CCC[C@@H]1c1nc2cc(-c3ccc(F)cc3F)ccc2o1. The van der Waals surface area contributed by atoms with Crippen LogP contribution in [-0.2, 0) is 0 Å². The lowest BCUT2D eigenvalue weighted by Gasteiger charge is -2.22. The summed E-state index contributed by atoms with van der Waals surface area (Å²) >= 11 is 0. The van der Waals surface area contributed by atoms with Gasteiger partial charge in [-0.1, -0.05) is 6.07 Å². The molecule has 1 fully saturated rings. The normalized spacial score (nSPS) is 16.9. The van der Waals surface area contributed by atoms with E-state index < -0.39 is 11.6 Å². The highest BCUT2D eigenvalue weighted by atomic mass is 19.1. The summed E-state index contributed by atoms with van der Waals surface area (Å²) in [7, 11) is 0. The lowest BCUT2D eigenvalue weighted by Crippen LogP contribution is -2.39. The highest BCUT2D eigenvalue weighted by molar-refractivity contribution is 5.81. The maximum Gasteiger partial charge on any atom is 0.318 e. The van der Waals surface area contributed by atoms with Crippen molar-refractivity contribution in [1.29, 1.82) is 0 Å². The van der Waals surface area contributed by atoms with Crippen molar-refractivity contribution >= 4 is 17.1 Å². The van der Waals surface area contributed by atoms with Gasteiger partial charge in [0, 0.05) is 24.7 Å². The van der Waals surface area contributed by atoms with Crippen LogP contribution >= 0.6 is 0 Å². The zero-order valence-corrected chi connectivity index (χ0v) is 14.8. The first-order chi connectivity index (χ1) is 13.1. The first-order valence-electron chi connectivity index (χ1n) is 8.97. The number of fused-ring (bicyclic) bond motifs is 1. The Bertz CT molecular complexity index is 1000. The second-order valence-electron chi connectivity index (χ2n) is 6.55. The number of carbonyl (C=O) groups excluding carboxylic acids is 1. The molecule has 1 aliphatic rings. The van der Waals surface area contributed by atoms with Crippen LogP contribution in [0.3, 0.4) is 0 Å². The molecule has 3 aromatic rings. The molecule has 2 heterocycles. The summed E-state index contributed by atoms with van der Waals surface area (Å²) in [5.41, 5.74) is 2.03. The fourth-order valence-electron chi connectivity index (χ4n) is 3.50. The molecule has 1 saturated heterocycles. The van der Waals surface area contributed by atoms with Crippen molar-refractivity contribution in [3.63, 3.8) is 0 Å². The van der Waals surface area contributed by atoms with Crippen LogP contribution in [0.15, 0.2) is 40.8 Å².